The van der Waals surface area contributed by atoms with E-state index in [0.29, 0.717) is 0 Å². The van der Waals surface area contributed by atoms with E-state index in [0.717, 1.165) is 7.11 Å². The molecule has 2 N–H and O–H groups in total. The number of esters is 1. The van der Waals surface area contributed by atoms with Gasteiger partial charge in [-0.05, 0) is 20.8 Å². The molecule has 6 nitrogen and oxygen atoms in total. The second kappa shape index (κ2) is 6.60. The predicted molar refractivity (Wildman–Crippen MR) is 60.0 cm³/mol. The summed E-state index contributed by atoms with van der Waals surface area (Å²) >= 11 is 0. The monoisotopic (exact) mass is 252 g/mol. The molecule has 16 heavy (non-hydrogen) atoms. The zero-order valence-electron chi connectivity index (χ0n) is 9.77. The Morgan fingerprint density at radius 1 is 1.44 bits per heavy atom. The molecular formula is C9H17ClN2O4. The number of aliphatic imine (C=N–C) groups is 1. The highest BCUT2D eigenvalue weighted by Crippen LogP contribution is 2.13. The Morgan fingerprint density at radius 2 is 1.94 bits per heavy atom. The van der Waals surface area contributed by atoms with E-state index in [9.17, 15) is 9.59 Å². The van der Waals surface area contributed by atoms with Gasteiger partial charge in [0, 0.05) is 0 Å². The summed E-state index contributed by atoms with van der Waals surface area (Å²) in [6.45, 7) is 5.12. The van der Waals surface area contributed by atoms with Gasteiger partial charge in [-0.15, -0.1) is 12.4 Å². The summed E-state index contributed by atoms with van der Waals surface area (Å²) in [6, 6.07) is 0. The first-order valence-corrected chi connectivity index (χ1v) is 4.35. The van der Waals surface area contributed by atoms with Gasteiger partial charge < -0.3 is 9.47 Å². The quantitative estimate of drug-likeness (QED) is 0.444. The minimum atomic E-state index is -1.82. The molecule has 0 saturated carbocycles. The van der Waals surface area contributed by atoms with Crippen LogP contribution in [0.4, 0.5) is 0 Å². The van der Waals surface area contributed by atoms with Gasteiger partial charge in [-0.2, -0.15) is 4.99 Å². The lowest BCUT2D eigenvalue weighted by molar-refractivity contribution is -0.151. The maximum Gasteiger partial charge on any atom is 0.352 e. The first-order chi connectivity index (χ1) is 6.75. The molecule has 0 rings (SSSR count). The van der Waals surface area contributed by atoms with Gasteiger partial charge in [0.1, 0.15) is 0 Å². The van der Waals surface area contributed by atoms with Crippen LogP contribution in [0.15, 0.2) is 4.99 Å². The normalized spacial score (nSPS) is 14.1. The molecule has 0 bridgehead atoms. The smallest absolute Gasteiger partial charge is 0.352 e. The van der Waals surface area contributed by atoms with Crippen molar-refractivity contribution in [3.8, 4) is 0 Å². The Balaban J connectivity index is 0. The number of methoxy groups -OCH3 is 1. The Labute approximate surface area is 101 Å². The summed E-state index contributed by atoms with van der Waals surface area (Å²) in [5.41, 5.74) is 3.24. The number of ether oxygens (including phenoxy) is 2. The van der Waals surface area contributed by atoms with Crippen LogP contribution in [0.25, 0.3) is 0 Å². The number of rotatable bonds is 4. The van der Waals surface area contributed by atoms with Crippen molar-refractivity contribution in [2.45, 2.75) is 32.0 Å². The van der Waals surface area contributed by atoms with Crippen molar-refractivity contribution in [3.63, 3.8) is 0 Å². The fraction of sp³-hybridized carbons (Fsp3) is 0.778. The third kappa shape index (κ3) is 5.82. The van der Waals surface area contributed by atoms with E-state index in [4.69, 9.17) is 10.5 Å². The van der Waals surface area contributed by atoms with Crippen LogP contribution >= 0.6 is 12.4 Å². The summed E-state index contributed by atoms with van der Waals surface area (Å²) in [5.74, 6) is -0.838. The van der Waals surface area contributed by atoms with Gasteiger partial charge >= 0.3 is 5.97 Å². The van der Waals surface area contributed by atoms with E-state index in [1.165, 1.54) is 6.08 Å². The van der Waals surface area contributed by atoms with Gasteiger partial charge in [0.2, 0.25) is 11.7 Å². The third-order valence-corrected chi connectivity index (χ3v) is 1.51. The Morgan fingerprint density at radius 3 is 2.25 bits per heavy atom. The number of nitrogens with zero attached hydrogens (tertiary/aromatic N) is 1. The molecule has 0 aromatic carbocycles. The molecule has 0 aromatic heterocycles. The maximum absolute atomic E-state index is 11.2. The number of hydrogen-bond acceptors (Lipinski definition) is 6. The summed E-state index contributed by atoms with van der Waals surface area (Å²) in [5, 5.41) is 0. The van der Waals surface area contributed by atoms with Crippen LogP contribution in [0.2, 0.25) is 0 Å². The van der Waals surface area contributed by atoms with E-state index < -0.39 is 17.2 Å². The molecule has 94 valence electrons. The number of isocyanates is 1. The maximum atomic E-state index is 11.2. The lowest BCUT2D eigenvalue weighted by Crippen LogP contribution is -2.52. The molecule has 0 radical (unpaired) electrons. The standard InChI is InChI=1S/C9H16N2O4.ClH/c1-8(2,3)15-5-9(10,11-6-12)7(13)14-4;/h5,10H2,1-4H3;1H/t9-;/m1./s1. The molecule has 0 heterocycles. The van der Waals surface area contributed by atoms with Crippen molar-refractivity contribution in [1.82, 2.24) is 0 Å². The van der Waals surface area contributed by atoms with Crippen LogP contribution in [-0.2, 0) is 19.1 Å². The van der Waals surface area contributed by atoms with Crippen LogP contribution in [0.3, 0.4) is 0 Å². The zero-order chi connectivity index (χ0) is 12.1. The number of nitrogens with two attached hydrogens (primary N) is 1. The highest BCUT2D eigenvalue weighted by atomic mass is 35.5. The van der Waals surface area contributed by atoms with Crippen LogP contribution in [0, 0.1) is 0 Å². The van der Waals surface area contributed by atoms with Gasteiger partial charge in [-0.25, -0.2) is 9.59 Å². The van der Waals surface area contributed by atoms with E-state index in [-0.39, 0.29) is 19.0 Å². The lowest BCUT2D eigenvalue weighted by atomic mass is 10.1. The van der Waals surface area contributed by atoms with Gasteiger partial charge in [0.05, 0.1) is 19.3 Å². The number of carbonyl (C=O) groups is 1. The SMILES string of the molecule is COC(=O)[C@@](N)(COC(C)(C)C)N=C=O.Cl. The first kappa shape index (κ1) is 17.5. The number of hydrogen-bond donors (Lipinski definition) is 1. The molecule has 0 saturated heterocycles. The summed E-state index contributed by atoms with van der Waals surface area (Å²) in [6.07, 6.45) is 1.23. The van der Waals surface area contributed by atoms with E-state index in [1.807, 2.05) is 0 Å². The summed E-state index contributed by atoms with van der Waals surface area (Å²) in [4.78, 5) is 24.6. The molecule has 0 fully saturated rings. The fourth-order valence-electron chi connectivity index (χ4n) is 0.722. The Hall–Kier alpha value is -0.940. The summed E-state index contributed by atoms with van der Waals surface area (Å²) < 4.78 is 9.69. The predicted octanol–water partition coefficient (Wildman–Crippen LogP) is 0.387. The van der Waals surface area contributed by atoms with Crippen molar-refractivity contribution >= 4 is 24.5 Å². The first-order valence-electron chi connectivity index (χ1n) is 4.35. The molecule has 0 aliphatic heterocycles. The largest absolute Gasteiger partial charge is 0.466 e. The Kier molecular flexibility index (Phi) is 7.20. The molecule has 0 unspecified atom stereocenters. The molecule has 0 aliphatic rings. The molecule has 0 amide bonds. The third-order valence-electron chi connectivity index (χ3n) is 1.51. The van der Waals surface area contributed by atoms with E-state index in [2.05, 4.69) is 9.73 Å². The molecule has 7 heteroatoms. The van der Waals surface area contributed by atoms with Crippen LogP contribution in [0.5, 0.6) is 0 Å². The second-order valence-electron chi connectivity index (χ2n) is 4.02. The van der Waals surface area contributed by atoms with E-state index >= 15 is 0 Å². The van der Waals surface area contributed by atoms with Crippen molar-refractivity contribution in [2.24, 2.45) is 10.7 Å². The average molecular weight is 253 g/mol. The van der Waals surface area contributed by atoms with Crippen molar-refractivity contribution < 1.29 is 19.1 Å². The summed E-state index contributed by atoms with van der Waals surface area (Å²) in [7, 11) is 1.15. The number of halogens is 1. The fourth-order valence-corrected chi connectivity index (χ4v) is 0.722. The van der Waals surface area contributed by atoms with Gasteiger partial charge in [-0.3, -0.25) is 5.73 Å². The highest BCUT2D eigenvalue weighted by molar-refractivity contribution is 5.85. The van der Waals surface area contributed by atoms with Gasteiger partial charge in [0.25, 0.3) is 0 Å². The van der Waals surface area contributed by atoms with Crippen molar-refractivity contribution in [1.29, 1.82) is 0 Å². The van der Waals surface area contributed by atoms with E-state index in [1.54, 1.807) is 20.8 Å². The molecular weight excluding hydrogens is 236 g/mol. The topological polar surface area (TPSA) is 91.0 Å². The number of carbonyl (C=O) groups excluding carboxylic acids is 2. The van der Waals surface area contributed by atoms with Gasteiger partial charge in [-0.1, -0.05) is 0 Å². The van der Waals surface area contributed by atoms with Gasteiger partial charge in [0.15, 0.2) is 0 Å². The molecule has 1 atom stereocenters. The Bertz CT molecular complexity index is 284. The lowest BCUT2D eigenvalue weighted by Gasteiger charge is -2.26. The highest BCUT2D eigenvalue weighted by Gasteiger charge is 2.37. The van der Waals surface area contributed by atoms with Crippen LogP contribution in [-0.4, -0.2) is 37.0 Å². The average Bonchev–Trinajstić information content (AvgIpc) is 2.13. The minimum absolute atomic E-state index is 0. The van der Waals surface area contributed by atoms with Crippen LogP contribution < -0.4 is 5.73 Å². The molecule has 0 spiro atoms. The van der Waals surface area contributed by atoms with Crippen LogP contribution in [0.1, 0.15) is 20.8 Å². The van der Waals surface area contributed by atoms with Crippen molar-refractivity contribution in [2.75, 3.05) is 13.7 Å². The zero-order valence-corrected chi connectivity index (χ0v) is 10.6. The molecule has 0 aliphatic carbocycles. The second-order valence-corrected chi connectivity index (χ2v) is 4.02. The van der Waals surface area contributed by atoms with Crippen molar-refractivity contribution in [3.05, 3.63) is 0 Å². The minimum Gasteiger partial charge on any atom is -0.466 e. The molecule has 0 aromatic rings.